The van der Waals surface area contributed by atoms with Gasteiger partial charge in [-0.15, -0.1) is 0 Å². The fourth-order valence-corrected chi connectivity index (χ4v) is 1.84. The zero-order chi connectivity index (χ0) is 13.3. The van der Waals surface area contributed by atoms with Crippen molar-refractivity contribution in [2.24, 2.45) is 0 Å². The molecule has 0 bridgehead atoms. The van der Waals surface area contributed by atoms with Crippen LogP contribution in [0.2, 0.25) is 0 Å². The molecule has 0 aromatic carbocycles. The van der Waals surface area contributed by atoms with Crippen LogP contribution in [-0.4, -0.2) is 29.0 Å². The number of anilines is 1. The van der Waals surface area contributed by atoms with Gasteiger partial charge in [-0.3, -0.25) is 0 Å². The summed E-state index contributed by atoms with van der Waals surface area (Å²) in [6, 6.07) is 4.05. The lowest BCUT2D eigenvalue weighted by Gasteiger charge is -2.12. The lowest BCUT2D eigenvalue weighted by atomic mass is 10.1. The number of hydrogen-bond acceptors (Lipinski definition) is 4. The van der Waals surface area contributed by atoms with E-state index in [-0.39, 0.29) is 0 Å². The van der Waals surface area contributed by atoms with Gasteiger partial charge in [-0.25, -0.2) is 15.0 Å². The van der Waals surface area contributed by atoms with E-state index >= 15 is 0 Å². The summed E-state index contributed by atoms with van der Waals surface area (Å²) < 4.78 is 0. The van der Waals surface area contributed by atoms with Gasteiger partial charge in [0, 0.05) is 31.5 Å². The molecular formula is C14H18N4. The molecule has 2 aromatic rings. The number of nitrogens with zero attached hydrogens (tertiary/aromatic N) is 4. The summed E-state index contributed by atoms with van der Waals surface area (Å²) in [5, 5.41) is 0. The predicted molar refractivity (Wildman–Crippen MR) is 73.8 cm³/mol. The Morgan fingerprint density at radius 3 is 2.28 bits per heavy atom. The summed E-state index contributed by atoms with van der Waals surface area (Å²) >= 11 is 0. The molecule has 18 heavy (non-hydrogen) atoms. The highest BCUT2D eigenvalue weighted by atomic mass is 15.1. The fourth-order valence-electron chi connectivity index (χ4n) is 1.84. The van der Waals surface area contributed by atoms with Crippen molar-refractivity contribution in [3.8, 4) is 11.3 Å². The van der Waals surface area contributed by atoms with Crippen LogP contribution >= 0.6 is 0 Å². The molecule has 2 aromatic heterocycles. The van der Waals surface area contributed by atoms with Gasteiger partial charge in [-0.1, -0.05) is 0 Å². The third kappa shape index (κ3) is 2.32. The van der Waals surface area contributed by atoms with Gasteiger partial charge in [-0.2, -0.15) is 0 Å². The number of aryl methyl sites for hydroxylation is 2. The highest BCUT2D eigenvalue weighted by Gasteiger charge is 2.09. The topological polar surface area (TPSA) is 41.9 Å². The molecule has 0 aliphatic heterocycles. The molecule has 0 aliphatic rings. The van der Waals surface area contributed by atoms with Crippen LogP contribution in [0, 0.1) is 20.8 Å². The average Bonchev–Trinajstić information content (AvgIpc) is 2.34. The van der Waals surface area contributed by atoms with E-state index in [0.29, 0.717) is 0 Å². The van der Waals surface area contributed by atoms with Gasteiger partial charge in [0.05, 0.1) is 5.69 Å². The molecule has 0 radical (unpaired) electrons. The Kier molecular flexibility index (Phi) is 3.28. The van der Waals surface area contributed by atoms with E-state index in [0.717, 1.165) is 34.2 Å². The first-order valence-corrected chi connectivity index (χ1v) is 5.94. The van der Waals surface area contributed by atoms with Gasteiger partial charge >= 0.3 is 0 Å². The van der Waals surface area contributed by atoms with Gasteiger partial charge in [0.15, 0.2) is 0 Å². The minimum absolute atomic E-state index is 0.796. The van der Waals surface area contributed by atoms with Crippen molar-refractivity contribution in [3.63, 3.8) is 0 Å². The fraction of sp³-hybridized carbons (Fsp3) is 0.357. The van der Waals surface area contributed by atoms with E-state index in [9.17, 15) is 0 Å². The molecule has 94 valence electrons. The molecule has 2 rings (SSSR count). The molecule has 0 aliphatic carbocycles. The van der Waals surface area contributed by atoms with E-state index in [1.165, 1.54) is 0 Å². The van der Waals surface area contributed by atoms with Gasteiger partial charge in [0.25, 0.3) is 0 Å². The third-order valence-electron chi connectivity index (χ3n) is 2.98. The maximum atomic E-state index is 4.51. The minimum Gasteiger partial charge on any atom is -0.363 e. The Morgan fingerprint density at radius 2 is 1.72 bits per heavy atom. The summed E-state index contributed by atoms with van der Waals surface area (Å²) in [5.41, 5.74) is 4.14. The van der Waals surface area contributed by atoms with Crippen molar-refractivity contribution in [3.05, 3.63) is 35.4 Å². The largest absolute Gasteiger partial charge is 0.363 e. The lowest BCUT2D eigenvalue weighted by Crippen LogP contribution is -2.10. The van der Waals surface area contributed by atoms with Crippen molar-refractivity contribution in [2.75, 3.05) is 19.0 Å². The molecule has 0 fully saturated rings. The Morgan fingerprint density at radius 1 is 1.00 bits per heavy atom. The van der Waals surface area contributed by atoms with Crippen LogP contribution in [0.25, 0.3) is 11.3 Å². The van der Waals surface area contributed by atoms with Crippen molar-refractivity contribution in [1.29, 1.82) is 0 Å². The number of pyridine rings is 1. The molecule has 0 unspecified atom stereocenters. The van der Waals surface area contributed by atoms with Gasteiger partial charge < -0.3 is 4.90 Å². The number of rotatable bonds is 2. The summed E-state index contributed by atoms with van der Waals surface area (Å²) in [6.07, 6.45) is 1.86. The zero-order valence-corrected chi connectivity index (χ0v) is 11.5. The standard InChI is InChI=1S/C14H18N4/c1-9-10(2)16-11(3)17-14(9)12-6-7-13(15-8-12)18(4)5/h6-8H,1-5H3. The molecule has 0 spiro atoms. The summed E-state index contributed by atoms with van der Waals surface area (Å²) in [7, 11) is 3.96. The molecular weight excluding hydrogens is 224 g/mol. The van der Waals surface area contributed by atoms with Crippen LogP contribution in [0.5, 0.6) is 0 Å². The molecule has 0 atom stereocenters. The number of hydrogen-bond donors (Lipinski definition) is 0. The van der Waals surface area contributed by atoms with E-state index in [2.05, 4.69) is 21.0 Å². The van der Waals surface area contributed by atoms with Crippen LogP contribution in [0.3, 0.4) is 0 Å². The summed E-state index contributed by atoms with van der Waals surface area (Å²) in [4.78, 5) is 15.3. The highest BCUT2D eigenvalue weighted by molar-refractivity contribution is 5.64. The zero-order valence-electron chi connectivity index (χ0n) is 11.5. The molecule has 4 nitrogen and oxygen atoms in total. The second-order valence-corrected chi connectivity index (χ2v) is 4.63. The monoisotopic (exact) mass is 242 g/mol. The van der Waals surface area contributed by atoms with Crippen molar-refractivity contribution in [1.82, 2.24) is 15.0 Å². The van der Waals surface area contributed by atoms with Crippen LogP contribution in [0.4, 0.5) is 5.82 Å². The molecule has 2 heterocycles. The Balaban J connectivity index is 2.49. The number of aromatic nitrogens is 3. The van der Waals surface area contributed by atoms with E-state index < -0.39 is 0 Å². The maximum Gasteiger partial charge on any atom is 0.127 e. The van der Waals surface area contributed by atoms with Crippen molar-refractivity contribution in [2.45, 2.75) is 20.8 Å². The Hall–Kier alpha value is -1.97. The Labute approximate surface area is 108 Å². The smallest absolute Gasteiger partial charge is 0.127 e. The third-order valence-corrected chi connectivity index (χ3v) is 2.98. The predicted octanol–water partition coefficient (Wildman–Crippen LogP) is 2.53. The van der Waals surface area contributed by atoms with Crippen LogP contribution in [0.15, 0.2) is 18.3 Å². The second-order valence-electron chi connectivity index (χ2n) is 4.63. The first-order valence-electron chi connectivity index (χ1n) is 5.94. The summed E-state index contributed by atoms with van der Waals surface area (Å²) in [5.74, 6) is 1.74. The molecule has 0 N–H and O–H groups in total. The molecule has 0 saturated carbocycles. The molecule has 4 heteroatoms. The van der Waals surface area contributed by atoms with Crippen molar-refractivity contribution < 1.29 is 0 Å². The van der Waals surface area contributed by atoms with Gasteiger partial charge in [0.2, 0.25) is 0 Å². The molecule has 0 amide bonds. The summed E-state index contributed by atoms with van der Waals surface area (Å²) in [6.45, 7) is 5.97. The van der Waals surface area contributed by atoms with E-state index in [4.69, 9.17) is 0 Å². The first kappa shape index (κ1) is 12.5. The van der Waals surface area contributed by atoms with E-state index in [1.807, 2.05) is 52.0 Å². The van der Waals surface area contributed by atoms with E-state index in [1.54, 1.807) is 0 Å². The Bertz CT molecular complexity index is 559. The minimum atomic E-state index is 0.796. The lowest BCUT2D eigenvalue weighted by molar-refractivity contribution is 0.989. The van der Waals surface area contributed by atoms with Gasteiger partial charge in [-0.05, 0) is 38.5 Å². The highest BCUT2D eigenvalue weighted by Crippen LogP contribution is 2.23. The second kappa shape index (κ2) is 4.72. The average molecular weight is 242 g/mol. The molecule has 0 saturated heterocycles. The first-order chi connectivity index (χ1) is 8.49. The van der Waals surface area contributed by atoms with Crippen LogP contribution in [-0.2, 0) is 0 Å². The van der Waals surface area contributed by atoms with Gasteiger partial charge in [0.1, 0.15) is 11.6 Å². The quantitative estimate of drug-likeness (QED) is 0.811. The van der Waals surface area contributed by atoms with Crippen LogP contribution in [0.1, 0.15) is 17.1 Å². The van der Waals surface area contributed by atoms with Crippen LogP contribution < -0.4 is 4.90 Å². The maximum absolute atomic E-state index is 4.51. The SMILES string of the molecule is Cc1nc(C)c(C)c(-c2ccc(N(C)C)nc2)n1. The normalized spacial score (nSPS) is 10.5. The van der Waals surface area contributed by atoms with Crippen molar-refractivity contribution >= 4 is 5.82 Å².